The second kappa shape index (κ2) is 5.05. The fourth-order valence-electron chi connectivity index (χ4n) is 2.12. The zero-order valence-corrected chi connectivity index (χ0v) is 9.91. The van der Waals surface area contributed by atoms with Crippen LogP contribution in [0.1, 0.15) is 30.8 Å². The molecule has 1 N–H and O–H groups in total. The Kier molecular flexibility index (Phi) is 3.72. The fraction of sp³-hybridized carbons (Fsp3) is 0.727. The average molecular weight is 226 g/mol. The monoisotopic (exact) mass is 226 g/mol. The Balaban J connectivity index is 1.90. The molecule has 0 aromatic carbocycles. The van der Waals surface area contributed by atoms with E-state index in [1.54, 1.807) is 11.3 Å². The molecule has 1 aromatic heterocycles. The molecule has 0 spiro atoms. The predicted octanol–water partition coefficient (Wildman–Crippen LogP) is 1.91. The van der Waals surface area contributed by atoms with Gasteiger partial charge in [-0.1, -0.05) is 0 Å². The number of aliphatic hydroxyl groups excluding tert-OH is 1. The fourth-order valence-corrected chi connectivity index (χ4v) is 2.85. The number of hydrogen-bond donors (Lipinski definition) is 1. The lowest BCUT2D eigenvalue weighted by atomic mass is 9.97. The normalized spacial score (nSPS) is 21.7. The third-order valence-electron chi connectivity index (χ3n) is 3.26. The molecule has 1 aliphatic heterocycles. The van der Waals surface area contributed by atoms with Crippen molar-refractivity contribution in [3.05, 3.63) is 16.6 Å². The van der Waals surface area contributed by atoms with Crippen molar-refractivity contribution in [2.24, 2.45) is 5.92 Å². The van der Waals surface area contributed by atoms with Crippen LogP contribution >= 0.6 is 11.3 Å². The van der Waals surface area contributed by atoms with Crippen LogP contribution in [0.15, 0.2) is 11.6 Å². The van der Waals surface area contributed by atoms with Gasteiger partial charge in [0, 0.05) is 18.2 Å². The van der Waals surface area contributed by atoms with E-state index in [0.717, 1.165) is 25.9 Å². The SMILES string of the molecule is CC(c1nccs1)N1CCC(CO)CC1. The van der Waals surface area contributed by atoms with Crippen molar-refractivity contribution in [1.29, 1.82) is 0 Å². The Morgan fingerprint density at radius 1 is 1.60 bits per heavy atom. The number of aliphatic hydroxyl groups is 1. The van der Waals surface area contributed by atoms with Gasteiger partial charge in [0.05, 0.1) is 6.04 Å². The van der Waals surface area contributed by atoms with Crippen LogP contribution in [0.3, 0.4) is 0 Å². The molecular weight excluding hydrogens is 208 g/mol. The minimum Gasteiger partial charge on any atom is -0.396 e. The Bertz CT molecular complexity index is 281. The number of aromatic nitrogens is 1. The minimum atomic E-state index is 0.347. The summed E-state index contributed by atoms with van der Waals surface area (Å²) < 4.78 is 0. The van der Waals surface area contributed by atoms with Gasteiger partial charge in [0.25, 0.3) is 0 Å². The molecule has 1 fully saturated rings. The summed E-state index contributed by atoms with van der Waals surface area (Å²) in [4.78, 5) is 6.82. The van der Waals surface area contributed by atoms with Gasteiger partial charge < -0.3 is 5.11 Å². The highest BCUT2D eigenvalue weighted by molar-refractivity contribution is 7.09. The third-order valence-corrected chi connectivity index (χ3v) is 4.21. The van der Waals surface area contributed by atoms with Crippen LogP contribution < -0.4 is 0 Å². The van der Waals surface area contributed by atoms with Crippen molar-refractivity contribution in [2.75, 3.05) is 19.7 Å². The first kappa shape index (κ1) is 11.0. The first-order chi connectivity index (χ1) is 7.31. The van der Waals surface area contributed by atoms with Gasteiger partial charge in [0.2, 0.25) is 0 Å². The smallest absolute Gasteiger partial charge is 0.109 e. The summed E-state index contributed by atoms with van der Waals surface area (Å²) in [5.41, 5.74) is 0. The van der Waals surface area contributed by atoms with E-state index in [4.69, 9.17) is 5.11 Å². The molecule has 0 aliphatic carbocycles. The lowest BCUT2D eigenvalue weighted by molar-refractivity contribution is 0.106. The van der Waals surface area contributed by atoms with Crippen molar-refractivity contribution in [1.82, 2.24) is 9.88 Å². The summed E-state index contributed by atoms with van der Waals surface area (Å²) in [6.07, 6.45) is 4.11. The minimum absolute atomic E-state index is 0.347. The maximum absolute atomic E-state index is 9.07. The molecule has 1 aliphatic rings. The summed E-state index contributed by atoms with van der Waals surface area (Å²) in [7, 11) is 0. The summed E-state index contributed by atoms with van der Waals surface area (Å²) in [5.74, 6) is 0.518. The maximum Gasteiger partial charge on any atom is 0.109 e. The van der Waals surface area contributed by atoms with Crippen LogP contribution in [-0.4, -0.2) is 34.7 Å². The molecule has 0 amide bonds. The highest BCUT2D eigenvalue weighted by Crippen LogP contribution is 2.27. The molecule has 1 saturated heterocycles. The van der Waals surface area contributed by atoms with Crippen LogP contribution in [0.25, 0.3) is 0 Å². The van der Waals surface area contributed by atoms with Crippen molar-refractivity contribution in [3.63, 3.8) is 0 Å². The molecule has 3 nitrogen and oxygen atoms in total. The summed E-state index contributed by atoms with van der Waals surface area (Å²) in [5, 5.41) is 12.3. The van der Waals surface area contributed by atoms with E-state index in [2.05, 4.69) is 16.8 Å². The largest absolute Gasteiger partial charge is 0.396 e. The number of nitrogens with zero attached hydrogens (tertiary/aromatic N) is 2. The Morgan fingerprint density at radius 3 is 2.87 bits per heavy atom. The van der Waals surface area contributed by atoms with Crippen LogP contribution in [0.2, 0.25) is 0 Å². The zero-order valence-electron chi connectivity index (χ0n) is 9.09. The van der Waals surface area contributed by atoms with Crippen molar-refractivity contribution < 1.29 is 5.11 Å². The van der Waals surface area contributed by atoms with Crippen LogP contribution in [0.5, 0.6) is 0 Å². The van der Waals surface area contributed by atoms with Gasteiger partial charge in [0.1, 0.15) is 5.01 Å². The lowest BCUT2D eigenvalue weighted by Crippen LogP contribution is -2.36. The maximum atomic E-state index is 9.07. The van der Waals surface area contributed by atoms with E-state index in [1.165, 1.54) is 5.01 Å². The van der Waals surface area contributed by atoms with Crippen LogP contribution in [-0.2, 0) is 0 Å². The molecular formula is C11H18N2OS. The topological polar surface area (TPSA) is 36.4 Å². The number of likely N-dealkylation sites (tertiary alicyclic amines) is 1. The van der Waals surface area contributed by atoms with E-state index in [-0.39, 0.29) is 0 Å². The molecule has 15 heavy (non-hydrogen) atoms. The quantitative estimate of drug-likeness (QED) is 0.855. The van der Waals surface area contributed by atoms with Crippen LogP contribution in [0, 0.1) is 5.92 Å². The van der Waals surface area contributed by atoms with Gasteiger partial charge in [-0.3, -0.25) is 4.90 Å². The summed E-state index contributed by atoms with van der Waals surface area (Å²) in [6.45, 7) is 4.75. The molecule has 0 saturated carbocycles. The first-order valence-corrected chi connectivity index (χ1v) is 6.43. The van der Waals surface area contributed by atoms with Gasteiger partial charge in [-0.15, -0.1) is 11.3 Å². The van der Waals surface area contributed by atoms with Crippen molar-refractivity contribution >= 4 is 11.3 Å². The van der Waals surface area contributed by atoms with E-state index in [0.29, 0.717) is 18.6 Å². The predicted molar refractivity (Wildman–Crippen MR) is 61.9 cm³/mol. The second-order valence-corrected chi connectivity index (χ2v) is 5.13. The van der Waals surface area contributed by atoms with Crippen molar-refractivity contribution in [2.45, 2.75) is 25.8 Å². The van der Waals surface area contributed by atoms with Crippen LogP contribution in [0.4, 0.5) is 0 Å². The molecule has 0 radical (unpaired) electrons. The standard InChI is InChI=1S/C11H18N2OS/c1-9(11-12-4-7-15-11)13-5-2-10(8-14)3-6-13/h4,7,9-10,14H,2-3,5-6,8H2,1H3. The van der Waals surface area contributed by atoms with E-state index < -0.39 is 0 Å². The summed E-state index contributed by atoms with van der Waals surface area (Å²) >= 11 is 1.73. The number of rotatable bonds is 3. The molecule has 2 rings (SSSR count). The molecule has 0 bridgehead atoms. The molecule has 4 heteroatoms. The highest BCUT2D eigenvalue weighted by atomic mass is 32.1. The number of thiazole rings is 1. The molecule has 1 atom stereocenters. The Labute approximate surface area is 94.8 Å². The van der Waals surface area contributed by atoms with Gasteiger partial charge in [-0.2, -0.15) is 0 Å². The van der Waals surface area contributed by atoms with E-state index in [9.17, 15) is 0 Å². The Hall–Kier alpha value is -0.450. The lowest BCUT2D eigenvalue weighted by Gasteiger charge is -2.34. The molecule has 84 valence electrons. The van der Waals surface area contributed by atoms with E-state index in [1.807, 2.05) is 11.6 Å². The third kappa shape index (κ3) is 2.56. The molecule has 1 aromatic rings. The molecule has 2 heterocycles. The van der Waals surface area contributed by atoms with Gasteiger partial charge in [-0.05, 0) is 38.8 Å². The van der Waals surface area contributed by atoms with Crippen molar-refractivity contribution in [3.8, 4) is 0 Å². The second-order valence-electron chi connectivity index (χ2n) is 4.21. The number of piperidine rings is 1. The van der Waals surface area contributed by atoms with Gasteiger partial charge in [0.15, 0.2) is 0 Å². The molecule has 1 unspecified atom stereocenters. The zero-order chi connectivity index (χ0) is 10.7. The van der Waals surface area contributed by atoms with E-state index >= 15 is 0 Å². The highest BCUT2D eigenvalue weighted by Gasteiger charge is 2.23. The first-order valence-electron chi connectivity index (χ1n) is 5.55. The number of hydrogen-bond acceptors (Lipinski definition) is 4. The van der Waals surface area contributed by atoms with Gasteiger partial charge >= 0.3 is 0 Å². The summed E-state index contributed by atoms with van der Waals surface area (Å²) in [6, 6.07) is 0.435. The average Bonchev–Trinajstić information content (AvgIpc) is 2.82. The van der Waals surface area contributed by atoms with Gasteiger partial charge in [-0.25, -0.2) is 4.98 Å². The Morgan fingerprint density at radius 2 is 2.33 bits per heavy atom.